The maximum Gasteiger partial charge on any atom is 0.335 e. The van der Waals surface area contributed by atoms with Crippen LogP contribution in [0.1, 0.15) is 26.4 Å². The zero-order valence-corrected chi connectivity index (χ0v) is 16.4. The molecule has 142 valence electrons. The van der Waals surface area contributed by atoms with Gasteiger partial charge < -0.3 is 14.4 Å². The van der Waals surface area contributed by atoms with Crippen LogP contribution in [0.3, 0.4) is 0 Å². The smallest absolute Gasteiger partial charge is 0.335 e. The summed E-state index contributed by atoms with van der Waals surface area (Å²) in [5, 5.41) is 13.2. The molecule has 2 N–H and O–H groups in total. The standard InChI is InChI=1S/C20H16BrN3O4/c1-28-18-8-7-14(21)11-17(18)19(25)23-22-12-16-6-3-9-24(16)15-5-2-4-13(10-15)20(26)27/h2-12H,1H3,(H,23,25)(H,26,27)/b22-12-. The Balaban J connectivity index is 1.79. The number of carbonyl (C=O) groups is 2. The molecular weight excluding hydrogens is 426 g/mol. The van der Waals surface area contributed by atoms with Crippen molar-refractivity contribution in [2.45, 2.75) is 0 Å². The van der Waals surface area contributed by atoms with Crippen molar-refractivity contribution in [3.05, 3.63) is 82.1 Å². The fourth-order valence-electron chi connectivity index (χ4n) is 2.60. The first-order chi connectivity index (χ1) is 13.5. The molecule has 8 heteroatoms. The first-order valence-electron chi connectivity index (χ1n) is 8.17. The molecule has 0 spiro atoms. The fourth-order valence-corrected chi connectivity index (χ4v) is 2.96. The van der Waals surface area contributed by atoms with Gasteiger partial charge in [-0.15, -0.1) is 0 Å². The van der Waals surface area contributed by atoms with E-state index in [-0.39, 0.29) is 5.56 Å². The van der Waals surface area contributed by atoms with Gasteiger partial charge in [0, 0.05) is 16.4 Å². The molecule has 28 heavy (non-hydrogen) atoms. The van der Waals surface area contributed by atoms with Gasteiger partial charge in [-0.05, 0) is 48.5 Å². The molecule has 3 rings (SSSR count). The number of ether oxygens (including phenoxy) is 1. The van der Waals surface area contributed by atoms with E-state index in [9.17, 15) is 9.59 Å². The zero-order chi connectivity index (χ0) is 20.1. The molecule has 2 aromatic carbocycles. The molecule has 0 aliphatic carbocycles. The van der Waals surface area contributed by atoms with E-state index in [1.54, 1.807) is 59.3 Å². The number of hydrogen-bond donors (Lipinski definition) is 2. The molecule has 1 amide bonds. The van der Waals surface area contributed by atoms with E-state index in [1.165, 1.54) is 19.4 Å². The summed E-state index contributed by atoms with van der Waals surface area (Å²) in [5.41, 5.74) is 4.34. The highest BCUT2D eigenvalue weighted by atomic mass is 79.9. The van der Waals surface area contributed by atoms with Gasteiger partial charge >= 0.3 is 5.97 Å². The highest BCUT2D eigenvalue weighted by molar-refractivity contribution is 9.10. The minimum Gasteiger partial charge on any atom is -0.496 e. The number of hydrogen-bond acceptors (Lipinski definition) is 4. The van der Waals surface area contributed by atoms with Crippen molar-refractivity contribution in [2.75, 3.05) is 7.11 Å². The lowest BCUT2D eigenvalue weighted by Gasteiger charge is -2.08. The summed E-state index contributed by atoms with van der Waals surface area (Å²) >= 11 is 3.33. The number of methoxy groups -OCH3 is 1. The van der Waals surface area contributed by atoms with Crippen molar-refractivity contribution in [2.24, 2.45) is 5.10 Å². The van der Waals surface area contributed by atoms with Crippen LogP contribution in [0.5, 0.6) is 5.75 Å². The van der Waals surface area contributed by atoms with Crippen LogP contribution in [0.2, 0.25) is 0 Å². The van der Waals surface area contributed by atoms with Crippen molar-refractivity contribution in [3.8, 4) is 11.4 Å². The van der Waals surface area contributed by atoms with Gasteiger partial charge in [0.15, 0.2) is 0 Å². The number of aromatic carboxylic acids is 1. The van der Waals surface area contributed by atoms with Crippen LogP contribution in [0, 0.1) is 0 Å². The molecule has 7 nitrogen and oxygen atoms in total. The summed E-state index contributed by atoms with van der Waals surface area (Å²) in [6.45, 7) is 0. The minimum atomic E-state index is -1.00. The number of carbonyl (C=O) groups excluding carboxylic acids is 1. The molecule has 0 aliphatic heterocycles. The summed E-state index contributed by atoms with van der Waals surface area (Å²) in [5.74, 6) is -0.982. The summed E-state index contributed by atoms with van der Waals surface area (Å²) in [7, 11) is 1.49. The summed E-state index contributed by atoms with van der Waals surface area (Å²) in [6, 6.07) is 15.2. The topological polar surface area (TPSA) is 92.9 Å². The van der Waals surface area contributed by atoms with Crippen molar-refractivity contribution in [1.29, 1.82) is 0 Å². The number of carboxylic acid groups (broad SMARTS) is 1. The molecule has 0 aliphatic rings. The van der Waals surface area contributed by atoms with E-state index in [2.05, 4.69) is 26.5 Å². The third-order valence-corrected chi connectivity index (χ3v) is 4.41. The second-order valence-corrected chi connectivity index (χ2v) is 6.62. The molecule has 0 unspecified atom stereocenters. The summed E-state index contributed by atoms with van der Waals surface area (Å²) in [4.78, 5) is 23.6. The molecular formula is C20H16BrN3O4. The van der Waals surface area contributed by atoms with Gasteiger partial charge in [-0.1, -0.05) is 22.0 Å². The number of amides is 1. The number of carboxylic acids is 1. The van der Waals surface area contributed by atoms with E-state index in [0.717, 1.165) is 4.47 Å². The fraction of sp³-hybridized carbons (Fsp3) is 0.0500. The molecule has 0 saturated heterocycles. The Morgan fingerprint density at radius 3 is 2.75 bits per heavy atom. The van der Waals surface area contributed by atoms with Crippen molar-refractivity contribution < 1.29 is 19.4 Å². The minimum absolute atomic E-state index is 0.184. The SMILES string of the molecule is COc1ccc(Br)cc1C(=O)N/N=C\c1cccn1-c1cccc(C(=O)O)c1. The number of halogens is 1. The van der Waals surface area contributed by atoms with Crippen molar-refractivity contribution in [3.63, 3.8) is 0 Å². The third kappa shape index (κ3) is 4.29. The van der Waals surface area contributed by atoms with Crippen molar-refractivity contribution >= 4 is 34.0 Å². The number of nitrogens with zero attached hydrogens (tertiary/aromatic N) is 2. The average molecular weight is 442 g/mol. The molecule has 1 heterocycles. The largest absolute Gasteiger partial charge is 0.496 e. The Hall–Kier alpha value is -3.39. The zero-order valence-electron chi connectivity index (χ0n) is 14.8. The van der Waals surface area contributed by atoms with E-state index in [0.29, 0.717) is 22.7 Å². The Bertz CT molecular complexity index is 1060. The van der Waals surface area contributed by atoms with E-state index >= 15 is 0 Å². The maximum atomic E-state index is 12.4. The van der Waals surface area contributed by atoms with Gasteiger partial charge in [0.25, 0.3) is 5.91 Å². The van der Waals surface area contributed by atoms with Gasteiger partial charge in [0.1, 0.15) is 5.75 Å². The van der Waals surface area contributed by atoms with Crippen LogP contribution >= 0.6 is 15.9 Å². The Labute approximate surface area is 169 Å². The van der Waals surface area contributed by atoms with Gasteiger partial charge in [-0.3, -0.25) is 4.79 Å². The van der Waals surface area contributed by atoms with Crippen LogP contribution in [0.4, 0.5) is 0 Å². The average Bonchev–Trinajstić information content (AvgIpc) is 3.16. The van der Waals surface area contributed by atoms with E-state index in [4.69, 9.17) is 9.84 Å². The van der Waals surface area contributed by atoms with Crippen LogP contribution in [0.25, 0.3) is 5.69 Å². The normalized spacial score (nSPS) is 10.8. The lowest BCUT2D eigenvalue weighted by atomic mass is 10.2. The Kier molecular flexibility index (Phi) is 5.90. The molecule has 1 aromatic heterocycles. The molecule has 0 atom stereocenters. The second kappa shape index (κ2) is 8.53. The highest BCUT2D eigenvalue weighted by Gasteiger charge is 2.12. The lowest BCUT2D eigenvalue weighted by molar-refractivity contribution is 0.0696. The predicted molar refractivity (Wildman–Crippen MR) is 108 cm³/mol. The number of nitrogens with one attached hydrogen (secondary N) is 1. The van der Waals surface area contributed by atoms with Gasteiger partial charge in [0.05, 0.1) is 30.1 Å². The monoisotopic (exact) mass is 441 g/mol. The number of hydrazone groups is 1. The number of rotatable bonds is 6. The molecule has 0 fully saturated rings. The van der Waals surface area contributed by atoms with Crippen LogP contribution in [-0.4, -0.2) is 34.9 Å². The third-order valence-electron chi connectivity index (χ3n) is 3.92. The van der Waals surface area contributed by atoms with E-state index in [1.807, 2.05) is 0 Å². The van der Waals surface area contributed by atoms with Gasteiger partial charge in [0.2, 0.25) is 0 Å². The Morgan fingerprint density at radius 2 is 2.00 bits per heavy atom. The summed E-state index contributed by atoms with van der Waals surface area (Å²) < 4.78 is 7.71. The first kappa shape index (κ1) is 19.4. The summed E-state index contributed by atoms with van der Waals surface area (Å²) in [6.07, 6.45) is 3.26. The number of aromatic nitrogens is 1. The van der Waals surface area contributed by atoms with E-state index < -0.39 is 11.9 Å². The predicted octanol–water partition coefficient (Wildman–Crippen LogP) is 3.71. The van der Waals surface area contributed by atoms with Crippen LogP contribution < -0.4 is 10.2 Å². The Morgan fingerprint density at radius 1 is 1.18 bits per heavy atom. The second-order valence-electron chi connectivity index (χ2n) is 5.70. The molecule has 0 saturated carbocycles. The lowest BCUT2D eigenvalue weighted by Crippen LogP contribution is -2.18. The quantitative estimate of drug-likeness (QED) is 0.450. The van der Waals surface area contributed by atoms with Crippen LogP contribution in [-0.2, 0) is 0 Å². The van der Waals surface area contributed by atoms with Crippen molar-refractivity contribution in [1.82, 2.24) is 9.99 Å². The molecule has 0 radical (unpaired) electrons. The van der Waals surface area contributed by atoms with Gasteiger partial charge in [-0.25, -0.2) is 10.2 Å². The first-order valence-corrected chi connectivity index (χ1v) is 8.97. The van der Waals surface area contributed by atoms with Gasteiger partial charge in [-0.2, -0.15) is 5.10 Å². The highest BCUT2D eigenvalue weighted by Crippen LogP contribution is 2.22. The van der Waals surface area contributed by atoms with Crippen LogP contribution in [0.15, 0.2) is 70.4 Å². The maximum absolute atomic E-state index is 12.4. The number of benzene rings is 2. The molecule has 0 bridgehead atoms. The molecule has 3 aromatic rings.